The van der Waals surface area contributed by atoms with Crippen molar-refractivity contribution in [2.45, 2.75) is 59.4 Å². The van der Waals surface area contributed by atoms with E-state index in [1.807, 2.05) is 27.7 Å². The molecule has 0 N–H and O–H groups in total. The number of quaternary nitrogens is 1. The SMILES string of the molecule is CCCOc1nc(OCCC)nc(C2CN(C)CC[N+]2(C)c2nc(OCCC)nc(OCCC)n2)n1. The lowest BCUT2D eigenvalue weighted by atomic mass is 10.1. The van der Waals surface area contributed by atoms with Gasteiger partial charge in [0, 0.05) is 6.54 Å². The molecule has 3 rings (SSSR count). The van der Waals surface area contributed by atoms with Crippen LogP contribution in [0.5, 0.6) is 24.0 Å². The second kappa shape index (κ2) is 13.4. The molecule has 36 heavy (non-hydrogen) atoms. The van der Waals surface area contributed by atoms with Gasteiger partial charge in [0.15, 0.2) is 11.9 Å². The lowest BCUT2D eigenvalue weighted by molar-refractivity contribution is 0.102. The minimum absolute atomic E-state index is 0.208. The zero-order valence-electron chi connectivity index (χ0n) is 22.6. The minimum atomic E-state index is -0.208. The van der Waals surface area contributed by atoms with Crippen molar-refractivity contribution in [3.05, 3.63) is 5.82 Å². The van der Waals surface area contributed by atoms with E-state index in [0.29, 0.717) is 49.2 Å². The number of hydrogen-bond donors (Lipinski definition) is 0. The van der Waals surface area contributed by atoms with E-state index in [1.54, 1.807) is 0 Å². The second-order valence-electron chi connectivity index (χ2n) is 9.12. The molecule has 2 atom stereocenters. The van der Waals surface area contributed by atoms with Crippen LogP contribution in [0.15, 0.2) is 0 Å². The van der Waals surface area contributed by atoms with E-state index < -0.39 is 0 Å². The molecule has 12 nitrogen and oxygen atoms in total. The average Bonchev–Trinajstić information content (AvgIpc) is 2.89. The molecule has 1 saturated heterocycles. The Morgan fingerprint density at radius 1 is 0.694 bits per heavy atom. The Morgan fingerprint density at radius 2 is 1.11 bits per heavy atom. The summed E-state index contributed by atoms with van der Waals surface area (Å²) in [7, 11) is 4.17. The van der Waals surface area contributed by atoms with Gasteiger partial charge in [-0.2, -0.15) is 9.97 Å². The van der Waals surface area contributed by atoms with Crippen LogP contribution in [-0.4, -0.2) is 95.0 Å². The smallest absolute Gasteiger partial charge is 0.338 e. The first-order chi connectivity index (χ1) is 17.4. The molecule has 0 spiro atoms. The molecule has 1 aliphatic rings. The van der Waals surface area contributed by atoms with Crippen molar-refractivity contribution in [1.82, 2.24) is 39.3 Å². The molecule has 0 aromatic carbocycles. The molecule has 0 aliphatic carbocycles. The zero-order chi connectivity index (χ0) is 26.0. The maximum Gasteiger partial charge on any atom is 0.338 e. The summed E-state index contributed by atoms with van der Waals surface area (Å²) in [5, 5.41) is 0. The van der Waals surface area contributed by atoms with Gasteiger partial charge >= 0.3 is 30.0 Å². The molecule has 3 heterocycles. The van der Waals surface area contributed by atoms with Crippen LogP contribution in [0, 0.1) is 0 Å². The van der Waals surface area contributed by atoms with Crippen molar-refractivity contribution in [2.75, 3.05) is 60.2 Å². The highest BCUT2D eigenvalue weighted by molar-refractivity contribution is 5.32. The number of nitrogens with zero attached hydrogens (tertiary/aromatic N) is 8. The number of rotatable bonds is 14. The summed E-state index contributed by atoms with van der Waals surface area (Å²) < 4.78 is 23.5. The predicted molar refractivity (Wildman–Crippen MR) is 136 cm³/mol. The highest BCUT2D eigenvalue weighted by Gasteiger charge is 2.46. The van der Waals surface area contributed by atoms with Crippen molar-refractivity contribution < 1.29 is 18.9 Å². The Balaban J connectivity index is 2.06. The van der Waals surface area contributed by atoms with Gasteiger partial charge in [0.2, 0.25) is 0 Å². The van der Waals surface area contributed by atoms with E-state index in [2.05, 4.69) is 29.0 Å². The van der Waals surface area contributed by atoms with Crippen LogP contribution in [-0.2, 0) is 0 Å². The fraction of sp³-hybridized carbons (Fsp3) is 0.750. The normalized spacial score (nSPS) is 20.2. The second-order valence-corrected chi connectivity index (χ2v) is 9.12. The quantitative estimate of drug-likeness (QED) is 0.353. The molecule has 2 aromatic heterocycles. The number of hydrogen-bond acceptors (Lipinski definition) is 11. The van der Waals surface area contributed by atoms with Gasteiger partial charge in [0.1, 0.15) is 0 Å². The Morgan fingerprint density at radius 3 is 1.53 bits per heavy atom. The molecule has 1 fully saturated rings. The van der Waals surface area contributed by atoms with E-state index in [1.165, 1.54) is 0 Å². The summed E-state index contributed by atoms with van der Waals surface area (Å²) >= 11 is 0. The monoisotopic (exact) mass is 505 g/mol. The summed E-state index contributed by atoms with van der Waals surface area (Å²) in [6.07, 6.45) is 3.38. The maximum atomic E-state index is 5.80. The summed E-state index contributed by atoms with van der Waals surface area (Å²) in [6, 6.07) is 0.851. The third-order valence-corrected chi connectivity index (χ3v) is 5.81. The fourth-order valence-electron chi connectivity index (χ4n) is 3.77. The van der Waals surface area contributed by atoms with Gasteiger partial charge < -0.3 is 18.9 Å². The Kier molecular flexibility index (Phi) is 10.4. The molecule has 0 amide bonds. The topological polar surface area (TPSA) is 118 Å². The molecule has 0 saturated carbocycles. The van der Waals surface area contributed by atoms with Gasteiger partial charge in [-0.25, -0.2) is 4.48 Å². The molecular weight excluding hydrogens is 464 g/mol. The Hall–Kier alpha value is -2.86. The van der Waals surface area contributed by atoms with Crippen molar-refractivity contribution in [3.63, 3.8) is 0 Å². The Labute approximate surface area is 214 Å². The Bertz CT molecular complexity index is 913. The predicted octanol–water partition coefficient (Wildman–Crippen LogP) is 2.84. The zero-order valence-corrected chi connectivity index (χ0v) is 22.6. The largest absolute Gasteiger partial charge is 0.463 e. The van der Waals surface area contributed by atoms with Gasteiger partial charge in [-0.15, -0.1) is 19.9 Å². The standard InChI is InChI=1S/C24H41N8O4/c1-7-13-33-21-25-19(26-22(29-21)34-14-8-2)18-17-31(5)11-12-32(18,6)20-27-23(35-15-9-3)30-24(28-20)36-16-10-4/h18H,7-17H2,1-6H3/q+1. The van der Waals surface area contributed by atoms with Crippen LogP contribution < -0.4 is 23.4 Å². The molecule has 200 valence electrons. The summed E-state index contributed by atoms with van der Waals surface area (Å²) in [6.45, 7) is 12.5. The summed E-state index contributed by atoms with van der Waals surface area (Å²) in [5.74, 6) is 1.12. The van der Waals surface area contributed by atoms with Gasteiger partial charge in [-0.1, -0.05) is 27.7 Å². The van der Waals surface area contributed by atoms with Crippen molar-refractivity contribution in [2.24, 2.45) is 0 Å². The van der Waals surface area contributed by atoms with Crippen molar-refractivity contribution in [1.29, 1.82) is 0 Å². The van der Waals surface area contributed by atoms with E-state index in [-0.39, 0.29) is 30.1 Å². The van der Waals surface area contributed by atoms with Crippen molar-refractivity contribution in [3.8, 4) is 24.0 Å². The highest BCUT2D eigenvalue weighted by Crippen LogP contribution is 2.35. The number of aromatic nitrogens is 6. The number of ether oxygens (including phenoxy) is 4. The third kappa shape index (κ3) is 7.10. The lowest BCUT2D eigenvalue weighted by Gasteiger charge is -2.44. The lowest BCUT2D eigenvalue weighted by Crippen LogP contribution is -2.60. The van der Waals surface area contributed by atoms with Gasteiger partial charge in [0.05, 0.1) is 46.6 Å². The first kappa shape index (κ1) is 27.7. The average molecular weight is 506 g/mol. The number of piperazine rings is 1. The first-order valence-electron chi connectivity index (χ1n) is 13.0. The minimum Gasteiger partial charge on any atom is -0.463 e. The molecular formula is C24H41N8O4+. The van der Waals surface area contributed by atoms with Crippen LogP contribution in [0.3, 0.4) is 0 Å². The van der Waals surface area contributed by atoms with E-state index in [0.717, 1.165) is 38.8 Å². The molecule has 2 aromatic rings. The summed E-state index contributed by atoms with van der Waals surface area (Å²) in [5.41, 5.74) is 0. The van der Waals surface area contributed by atoms with Crippen molar-refractivity contribution >= 4 is 5.95 Å². The molecule has 0 radical (unpaired) electrons. The van der Waals surface area contributed by atoms with E-state index in [4.69, 9.17) is 38.9 Å². The van der Waals surface area contributed by atoms with Crippen LogP contribution in [0.2, 0.25) is 0 Å². The molecule has 1 aliphatic heterocycles. The van der Waals surface area contributed by atoms with Crippen LogP contribution in [0.25, 0.3) is 0 Å². The van der Waals surface area contributed by atoms with Gasteiger partial charge in [-0.3, -0.25) is 4.90 Å². The first-order valence-corrected chi connectivity index (χ1v) is 13.0. The van der Waals surface area contributed by atoms with Crippen LogP contribution in [0.4, 0.5) is 5.95 Å². The number of likely N-dealkylation sites (N-methyl/N-ethyl adjacent to an activating group) is 2. The molecule has 2 unspecified atom stereocenters. The van der Waals surface area contributed by atoms with E-state index >= 15 is 0 Å². The third-order valence-electron chi connectivity index (χ3n) is 5.81. The fourth-order valence-corrected chi connectivity index (χ4v) is 3.77. The van der Waals surface area contributed by atoms with Crippen LogP contribution in [0.1, 0.15) is 65.2 Å². The molecule has 0 bridgehead atoms. The van der Waals surface area contributed by atoms with Crippen LogP contribution >= 0.6 is 0 Å². The molecule has 12 heteroatoms. The summed E-state index contributed by atoms with van der Waals surface area (Å²) in [4.78, 5) is 29.8. The van der Waals surface area contributed by atoms with E-state index in [9.17, 15) is 0 Å². The highest BCUT2D eigenvalue weighted by atomic mass is 16.5. The van der Waals surface area contributed by atoms with Gasteiger partial charge in [0.25, 0.3) is 0 Å². The van der Waals surface area contributed by atoms with Gasteiger partial charge in [-0.05, 0) is 32.7 Å². The maximum absolute atomic E-state index is 5.80.